The van der Waals surface area contributed by atoms with Crippen molar-refractivity contribution in [3.05, 3.63) is 35.6 Å². The first kappa shape index (κ1) is 18.1. The van der Waals surface area contributed by atoms with Gasteiger partial charge in [0.15, 0.2) is 5.17 Å². The summed E-state index contributed by atoms with van der Waals surface area (Å²) in [7, 11) is 0. The summed E-state index contributed by atoms with van der Waals surface area (Å²) in [5, 5.41) is 8.46. The summed E-state index contributed by atoms with van der Waals surface area (Å²) in [5.74, 6) is 0.620. The smallest absolute Gasteiger partial charge is 0.180 e. The summed E-state index contributed by atoms with van der Waals surface area (Å²) in [6.45, 7) is 1.22. The van der Waals surface area contributed by atoms with Gasteiger partial charge in [0.1, 0.15) is 5.82 Å². The average molecular weight is 376 g/mol. The van der Waals surface area contributed by atoms with Crippen molar-refractivity contribution in [2.45, 2.75) is 25.9 Å². The van der Waals surface area contributed by atoms with Crippen LogP contribution in [0.4, 0.5) is 4.39 Å². The van der Waals surface area contributed by atoms with Crippen LogP contribution in [0.1, 0.15) is 24.8 Å². The fourth-order valence-corrected chi connectivity index (χ4v) is 2.38. The Morgan fingerprint density at radius 1 is 1.19 bits per heavy atom. The van der Waals surface area contributed by atoms with E-state index in [1.807, 2.05) is 0 Å². The minimum atomic E-state index is -0.219. The Morgan fingerprint density at radius 2 is 1.95 bits per heavy atom. The molecule has 0 aromatic heterocycles. The number of thioether (sulfide) groups is 1. The molecule has 0 atom stereocenters. The van der Waals surface area contributed by atoms with Crippen molar-refractivity contribution in [2.75, 3.05) is 12.4 Å². The molecule has 0 bridgehead atoms. The molecule has 4 nitrogen and oxygen atoms in total. The fraction of sp³-hybridized carbons (Fsp3) is 0.429. The van der Waals surface area contributed by atoms with Crippen LogP contribution in [0.3, 0.4) is 0 Å². The maximum Gasteiger partial charge on any atom is 0.180 e. The minimum Gasteiger partial charge on any atom is -0.377 e. The van der Waals surface area contributed by atoms with Crippen LogP contribution < -0.4 is 5.73 Å². The number of halogens is 2. The largest absolute Gasteiger partial charge is 0.377 e. The monoisotopic (exact) mass is 375 g/mol. The Balaban J connectivity index is 0.00000220. The second-order valence-electron chi connectivity index (χ2n) is 4.53. The highest BCUT2D eigenvalue weighted by Gasteiger charge is 2.07. The molecule has 1 aliphatic heterocycles. The zero-order chi connectivity index (χ0) is 14.2. The Kier molecular flexibility index (Phi) is 8.56. The molecule has 1 heterocycles. The van der Waals surface area contributed by atoms with Gasteiger partial charge in [-0.05, 0) is 37.0 Å². The van der Waals surface area contributed by atoms with Gasteiger partial charge in [-0.25, -0.2) is 4.39 Å². The second-order valence-corrected chi connectivity index (χ2v) is 5.52. The molecule has 0 saturated heterocycles. The molecule has 2 rings (SSSR count). The van der Waals surface area contributed by atoms with Gasteiger partial charge in [0, 0.05) is 12.4 Å². The number of benzene rings is 1. The van der Waals surface area contributed by atoms with Crippen molar-refractivity contribution < 1.29 is 9.13 Å². The number of hydrogen-bond donors (Lipinski definition) is 1. The van der Waals surface area contributed by atoms with Crippen molar-refractivity contribution in [3.8, 4) is 0 Å². The Bertz CT molecular complexity index is 493. The van der Waals surface area contributed by atoms with E-state index in [1.54, 1.807) is 12.1 Å². The highest BCUT2D eigenvalue weighted by molar-refractivity contribution is 8.93. The van der Waals surface area contributed by atoms with Crippen molar-refractivity contribution >= 4 is 39.6 Å². The lowest BCUT2D eigenvalue weighted by Gasteiger charge is -2.09. The Hall–Kier alpha value is -0.920. The van der Waals surface area contributed by atoms with Crippen molar-refractivity contribution in [1.29, 1.82) is 0 Å². The van der Waals surface area contributed by atoms with Gasteiger partial charge < -0.3 is 10.5 Å². The van der Waals surface area contributed by atoms with Crippen LogP contribution in [0.25, 0.3) is 0 Å². The summed E-state index contributed by atoms with van der Waals surface area (Å²) in [5.41, 5.74) is 7.59. The minimum absolute atomic E-state index is 0. The molecule has 21 heavy (non-hydrogen) atoms. The third-order valence-electron chi connectivity index (χ3n) is 2.86. The fourth-order valence-electron chi connectivity index (χ4n) is 1.76. The van der Waals surface area contributed by atoms with E-state index >= 15 is 0 Å². The summed E-state index contributed by atoms with van der Waals surface area (Å²) in [6.07, 6.45) is 2.94. The van der Waals surface area contributed by atoms with Gasteiger partial charge in [0.2, 0.25) is 0 Å². The van der Waals surface area contributed by atoms with Crippen LogP contribution in [-0.2, 0) is 11.3 Å². The van der Waals surface area contributed by atoms with Crippen LogP contribution in [-0.4, -0.2) is 23.2 Å². The van der Waals surface area contributed by atoms with E-state index in [4.69, 9.17) is 10.5 Å². The third-order valence-corrected chi connectivity index (χ3v) is 3.72. The molecule has 1 aromatic carbocycles. The summed E-state index contributed by atoms with van der Waals surface area (Å²) in [4.78, 5) is 0. The molecule has 0 fully saturated rings. The highest BCUT2D eigenvalue weighted by Crippen LogP contribution is 2.11. The molecular weight excluding hydrogens is 357 g/mol. The zero-order valence-corrected chi connectivity index (χ0v) is 14.2. The molecule has 0 saturated carbocycles. The van der Waals surface area contributed by atoms with Crippen LogP contribution in [0, 0.1) is 5.82 Å². The van der Waals surface area contributed by atoms with Crippen LogP contribution in [0.15, 0.2) is 34.5 Å². The Morgan fingerprint density at radius 3 is 2.62 bits per heavy atom. The molecule has 1 aromatic rings. The first-order valence-electron chi connectivity index (χ1n) is 6.58. The highest BCUT2D eigenvalue weighted by atomic mass is 79.9. The van der Waals surface area contributed by atoms with Crippen molar-refractivity contribution in [1.82, 2.24) is 0 Å². The van der Waals surface area contributed by atoms with Gasteiger partial charge in [0.25, 0.3) is 0 Å². The number of hydrogen-bond acceptors (Lipinski definition) is 5. The first-order valence-corrected chi connectivity index (χ1v) is 7.56. The second kappa shape index (κ2) is 9.92. The predicted molar refractivity (Wildman–Crippen MR) is 91.7 cm³/mol. The normalized spacial score (nSPS) is 14.1. The summed E-state index contributed by atoms with van der Waals surface area (Å²) < 4.78 is 18.3. The third kappa shape index (κ3) is 7.06. The van der Waals surface area contributed by atoms with E-state index in [0.29, 0.717) is 18.4 Å². The lowest BCUT2D eigenvalue weighted by atomic mass is 10.2. The van der Waals surface area contributed by atoms with Crippen molar-refractivity contribution in [2.24, 2.45) is 15.9 Å². The van der Waals surface area contributed by atoms with E-state index in [0.717, 1.165) is 36.3 Å². The van der Waals surface area contributed by atoms with Gasteiger partial charge >= 0.3 is 0 Å². The molecule has 0 aliphatic carbocycles. The molecule has 0 amide bonds. The number of nitrogens with zero attached hydrogens (tertiary/aromatic N) is 2. The maximum absolute atomic E-state index is 12.7. The lowest BCUT2D eigenvalue weighted by Crippen LogP contribution is -2.15. The first-order chi connectivity index (χ1) is 9.74. The molecule has 116 valence electrons. The molecule has 0 unspecified atom stereocenters. The Labute approximate surface area is 138 Å². The van der Waals surface area contributed by atoms with E-state index in [1.165, 1.54) is 23.9 Å². The average Bonchev–Trinajstić information content (AvgIpc) is 2.46. The predicted octanol–water partition coefficient (Wildman–Crippen LogP) is 3.51. The van der Waals surface area contributed by atoms with E-state index in [9.17, 15) is 4.39 Å². The van der Waals surface area contributed by atoms with Crippen LogP contribution in [0.5, 0.6) is 0 Å². The quantitative estimate of drug-likeness (QED) is 0.741. The number of amidine groups is 1. The summed E-state index contributed by atoms with van der Waals surface area (Å²) in [6, 6.07) is 6.38. The van der Waals surface area contributed by atoms with Gasteiger partial charge in [-0.15, -0.1) is 22.1 Å². The van der Waals surface area contributed by atoms with E-state index < -0.39 is 0 Å². The number of rotatable bonds is 7. The molecular formula is C14H19BrFN3OS. The number of nitrogens with two attached hydrogens (primary N) is 1. The SMILES string of the molecule is Br.NC1=NN=C(CCCCOCc2ccc(F)cc2)CS1. The summed E-state index contributed by atoms with van der Waals surface area (Å²) >= 11 is 1.53. The van der Waals surface area contributed by atoms with E-state index in [2.05, 4.69) is 10.2 Å². The number of unbranched alkanes of at least 4 members (excludes halogenated alkanes) is 1. The molecule has 7 heteroatoms. The zero-order valence-electron chi connectivity index (χ0n) is 11.6. The molecule has 2 N–H and O–H groups in total. The maximum atomic E-state index is 12.7. The van der Waals surface area contributed by atoms with Crippen LogP contribution >= 0.6 is 28.7 Å². The van der Waals surface area contributed by atoms with Crippen LogP contribution in [0.2, 0.25) is 0 Å². The lowest BCUT2D eigenvalue weighted by molar-refractivity contribution is 0.117. The molecule has 0 spiro atoms. The van der Waals surface area contributed by atoms with Gasteiger partial charge in [-0.3, -0.25) is 0 Å². The number of ether oxygens (including phenoxy) is 1. The van der Waals surface area contributed by atoms with Crippen molar-refractivity contribution in [3.63, 3.8) is 0 Å². The van der Waals surface area contributed by atoms with Gasteiger partial charge in [-0.1, -0.05) is 23.9 Å². The van der Waals surface area contributed by atoms with Gasteiger partial charge in [0.05, 0.1) is 12.3 Å². The molecule has 1 aliphatic rings. The molecule has 0 radical (unpaired) electrons. The topological polar surface area (TPSA) is 60.0 Å². The van der Waals surface area contributed by atoms with Gasteiger partial charge in [-0.2, -0.15) is 5.10 Å². The standard InChI is InChI=1S/C14H18FN3OS.BrH/c15-12-6-4-11(5-7-12)9-19-8-2-1-3-13-10-20-14(16)18-17-13;/h4-7H,1-3,8-10H2,(H2,16,18);1H. The van der Waals surface area contributed by atoms with E-state index in [-0.39, 0.29) is 22.8 Å².